The second-order valence-corrected chi connectivity index (χ2v) is 8.64. The summed E-state index contributed by atoms with van der Waals surface area (Å²) in [4.78, 5) is 17.7. The fraction of sp³-hybridized carbons (Fsp3) is 0.174. The Hall–Kier alpha value is -2.70. The highest BCUT2D eigenvalue weighted by atomic mass is 79.9. The Labute approximate surface area is 187 Å². The first-order chi connectivity index (χ1) is 14.3. The Morgan fingerprint density at radius 3 is 2.70 bits per heavy atom. The van der Waals surface area contributed by atoms with Crippen LogP contribution < -0.4 is 5.56 Å². The Morgan fingerprint density at radius 2 is 1.97 bits per heavy atom. The van der Waals surface area contributed by atoms with Gasteiger partial charge in [0.2, 0.25) is 0 Å². The van der Waals surface area contributed by atoms with Crippen molar-refractivity contribution >= 4 is 44.6 Å². The Balaban J connectivity index is 1.74. The molecule has 2 heterocycles. The van der Waals surface area contributed by atoms with Crippen LogP contribution in [0.1, 0.15) is 36.9 Å². The van der Waals surface area contributed by atoms with Crippen molar-refractivity contribution in [1.29, 1.82) is 0 Å². The minimum absolute atomic E-state index is 0.0183. The number of benzene rings is 2. The summed E-state index contributed by atoms with van der Waals surface area (Å²) in [5, 5.41) is 5.58. The number of halogens is 2. The number of aryl methyl sites for hydroxylation is 1. The van der Waals surface area contributed by atoms with Crippen LogP contribution in [0.4, 0.5) is 0 Å². The van der Waals surface area contributed by atoms with E-state index in [2.05, 4.69) is 26.0 Å². The van der Waals surface area contributed by atoms with Crippen LogP contribution >= 0.6 is 27.5 Å². The molecule has 0 spiro atoms. The third kappa shape index (κ3) is 3.98. The van der Waals surface area contributed by atoms with E-state index in [0.717, 1.165) is 15.6 Å². The lowest BCUT2D eigenvalue weighted by Crippen LogP contribution is -2.23. The molecule has 30 heavy (non-hydrogen) atoms. The molecule has 0 amide bonds. The quantitative estimate of drug-likeness (QED) is 0.315. The van der Waals surface area contributed by atoms with Crippen LogP contribution in [-0.4, -0.2) is 15.9 Å². The molecule has 0 aliphatic heterocycles. The van der Waals surface area contributed by atoms with E-state index in [4.69, 9.17) is 16.0 Å². The third-order valence-electron chi connectivity index (χ3n) is 4.73. The number of rotatable bonds is 4. The van der Waals surface area contributed by atoms with Gasteiger partial charge < -0.3 is 4.42 Å². The first kappa shape index (κ1) is 20.6. The van der Waals surface area contributed by atoms with Gasteiger partial charge in [-0.1, -0.05) is 53.5 Å². The maximum atomic E-state index is 13.1. The van der Waals surface area contributed by atoms with Gasteiger partial charge in [0, 0.05) is 21.0 Å². The highest BCUT2D eigenvalue weighted by Gasteiger charge is 2.14. The van der Waals surface area contributed by atoms with Gasteiger partial charge in [-0.25, -0.2) is 4.98 Å². The van der Waals surface area contributed by atoms with Crippen LogP contribution in [0.3, 0.4) is 0 Å². The van der Waals surface area contributed by atoms with Gasteiger partial charge in [-0.05, 0) is 48.9 Å². The maximum absolute atomic E-state index is 13.1. The van der Waals surface area contributed by atoms with E-state index in [1.54, 1.807) is 12.1 Å². The molecule has 4 aromatic rings. The fourth-order valence-electron chi connectivity index (χ4n) is 3.09. The van der Waals surface area contributed by atoms with E-state index in [-0.39, 0.29) is 11.5 Å². The van der Waals surface area contributed by atoms with Crippen molar-refractivity contribution in [2.75, 3.05) is 0 Å². The lowest BCUT2D eigenvalue weighted by molar-refractivity contribution is 0.573. The van der Waals surface area contributed by atoms with Crippen molar-refractivity contribution in [2.45, 2.75) is 26.7 Å². The molecule has 0 aliphatic carbocycles. The molecular weight excluding hydrogens is 466 g/mol. The van der Waals surface area contributed by atoms with Gasteiger partial charge in [-0.15, -0.1) is 0 Å². The van der Waals surface area contributed by atoms with Gasteiger partial charge in [0.05, 0.1) is 17.1 Å². The predicted octanol–water partition coefficient (Wildman–Crippen LogP) is 6.39. The highest BCUT2D eigenvalue weighted by molar-refractivity contribution is 9.10. The Morgan fingerprint density at radius 1 is 1.17 bits per heavy atom. The van der Waals surface area contributed by atoms with Gasteiger partial charge in [0.25, 0.3) is 5.56 Å². The van der Waals surface area contributed by atoms with Crippen LogP contribution in [0.15, 0.2) is 67.3 Å². The second-order valence-electron chi connectivity index (χ2n) is 7.31. The third-order valence-corrected chi connectivity index (χ3v) is 5.63. The lowest BCUT2D eigenvalue weighted by atomic mass is 10.1. The summed E-state index contributed by atoms with van der Waals surface area (Å²) in [5.74, 6) is 1.81. The number of hydrogen-bond acceptors (Lipinski definition) is 4. The van der Waals surface area contributed by atoms with Gasteiger partial charge in [-0.2, -0.15) is 9.78 Å². The minimum Gasteiger partial charge on any atom is -0.455 e. The largest absolute Gasteiger partial charge is 0.455 e. The molecule has 0 saturated carbocycles. The molecule has 5 nitrogen and oxygen atoms in total. The summed E-state index contributed by atoms with van der Waals surface area (Å²) in [6.07, 6.45) is 1.53. The van der Waals surface area contributed by atoms with Crippen LogP contribution in [0.25, 0.3) is 22.2 Å². The fourth-order valence-corrected chi connectivity index (χ4v) is 3.63. The summed E-state index contributed by atoms with van der Waals surface area (Å²) in [6, 6.07) is 14.9. The Kier molecular flexibility index (Phi) is 5.62. The minimum atomic E-state index is -0.224. The van der Waals surface area contributed by atoms with Gasteiger partial charge in [0.1, 0.15) is 17.3 Å². The van der Waals surface area contributed by atoms with E-state index in [1.165, 1.54) is 10.9 Å². The molecule has 2 aromatic carbocycles. The average molecular weight is 485 g/mol. The number of hydrogen-bond donors (Lipinski definition) is 0. The van der Waals surface area contributed by atoms with Crippen LogP contribution in [0.2, 0.25) is 5.02 Å². The standard InChI is InChI=1S/C23H19BrClN3O2/c1-13(2)22-27-20-8-6-16(24)11-18(20)23(29)28(22)26-12-17-7-9-21(30-17)15-5-4-14(3)19(25)10-15/h4-13H,1-3H3. The number of furan rings is 1. The van der Waals surface area contributed by atoms with Gasteiger partial charge in [0.15, 0.2) is 0 Å². The zero-order chi connectivity index (χ0) is 21.4. The topological polar surface area (TPSA) is 60.4 Å². The molecule has 0 fully saturated rings. The summed E-state index contributed by atoms with van der Waals surface area (Å²) < 4.78 is 8.03. The molecule has 152 valence electrons. The molecule has 0 bridgehead atoms. The Bertz CT molecular complexity index is 1340. The van der Waals surface area contributed by atoms with Crippen LogP contribution in [-0.2, 0) is 0 Å². The first-order valence-electron chi connectivity index (χ1n) is 9.46. The van der Waals surface area contributed by atoms with Crippen LogP contribution in [0, 0.1) is 6.92 Å². The number of aromatic nitrogens is 2. The molecule has 0 N–H and O–H groups in total. The molecule has 0 aliphatic rings. The monoisotopic (exact) mass is 483 g/mol. The molecule has 0 unspecified atom stereocenters. The van der Waals surface area contributed by atoms with Crippen molar-refractivity contribution in [1.82, 2.24) is 9.66 Å². The molecule has 4 rings (SSSR count). The van der Waals surface area contributed by atoms with Crippen LogP contribution in [0.5, 0.6) is 0 Å². The number of fused-ring (bicyclic) bond motifs is 1. The summed E-state index contributed by atoms with van der Waals surface area (Å²) >= 11 is 9.63. The average Bonchev–Trinajstić information content (AvgIpc) is 3.18. The normalized spacial score (nSPS) is 11.8. The predicted molar refractivity (Wildman–Crippen MR) is 125 cm³/mol. The number of nitrogens with zero attached hydrogens (tertiary/aromatic N) is 3. The smallest absolute Gasteiger partial charge is 0.282 e. The van der Waals surface area contributed by atoms with Crippen molar-refractivity contribution < 1.29 is 4.42 Å². The van der Waals surface area contributed by atoms with E-state index in [0.29, 0.717) is 33.3 Å². The van der Waals surface area contributed by atoms with E-state index in [1.807, 2.05) is 57.2 Å². The zero-order valence-electron chi connectivity index (χ0n) is 16.7. The van der Waals surface area contributed by atoms with Gasteiger partial charge >= 0.3 is 0 Å². The van der Waals surface area contributed by atoms with Crippen molar-refractivity contribution in [3.63, 3.8) is 0 Å². The first-order valence-corrected chi connectivity index (χ1v) is 10.6. The molecule has 7 heteroatoms. The summed E-state index contributed by atoms with van der Waals surface area (Å²) in [5.41, 5.74) is 2.31. The SMILES string of the molecule is Cc1ccc(-c2ccc(C=Nn3c(C(C)C)nc4ccc(Br)cc4c3=O)o2)cc1Cl. The summed E-state index contributed by atoms with van der Waals surface area (Å²) in [7, 11) is 0. The lowest BCUT2D eigenvalue weighted by Gasteiger charge is -2.11. The second kappa shape index (κ2) is 8.20. The van der Waals surface area contributed by atoms with Gasteiger partial charge in [-0.3, -0.25) is 4.79 Å². The molecule has 0 atom stereocenters. The van der Waals surface area contributed by atoms with Crippen molar-refractivity contribution in [2.24, 2.45) is 5.10 Å². The van der Waals surface area contributed by atoms with E-state index < -0.39 is 0 Å². The molecule has 0 radical (unpaired) electrons. The summed E-state index contributed by atoms with van der Waals surface area (Å²) in [6.45, 7) is 5.90. The highest BCUT2D eigenvalue weighted by Crippen LogP contribution is 2.26. The van der Waals surface area contributed by atoms with E-state index >= 15 is 0 Å². The maximum Gasteiger partial charge on any atom is 0.282 e. The van der Waals surface area contributed by atoms with Crippen molar-refractivity contribution in [3.05, 3.63) is 85.5 Å². The molecule has 0 saturated heterocycles. The molecule has 2 aromatic heterocycles. The van der Waals surface area contributed by atoms with E-state index in [9.17, 15) is 4.79 Å². The van der Waals surface area contributed by atoms with Crippen molar-refractivity contribution in [3.8, 4) is 11.3 Å². The zero-order valence-corrected chi connectivity index (χ0v) is 19.0. The molecular formula is C23H19BrClN3O2.